The second kappa shape index (κ2) is 4.02. The normalized spacial score (nSPS) is 10.4. The molecule has 0 N–H and O–H groups in total. The monoisotopic (exact) mass is 235 g/mol. The van der Waals surface area contributed by atoms with Crippen molar-refractivity contribution in [2.75, 3.05) is 0 Å². The highest BCUT2D eigenvalue weighted by Gasteiger charge is 2.11. The van der Waals surface area contributed by atoms with E-state index in [1.54, 1.807) is 31.2 Å². The van der Waals surface area contributed by atoms with Gasteiger partial charge in [0.15, 0.2) is 5.76 Å². The molecule has 2 aromatic rings. The fourth-order valence-corrected chi connectivity index (χ4v) is 1.75. The first kappa shape index (κ1) is 10.8. The summed E-state index contributed by atoms with van der Waals surface area (Å²) < 4.78 is 6.50. The zero-order valence-electron chi connectivity index (χ0n) is 8.74. The number of aromatic nitrogens is 1. The van der Waals surface area contributed by atoms with Gasteiger partial charge in [-0.25, -0.2) is 9.36 Å². The average molecular weight is 236 g/mol. The van der Waals surface area contributed by atoms with E-state index < -0.39 is 5.76 Å². The third kappa shape index (κ3) is 1.70. The molecule has 0 saturated carbocycles. The Bertz CT molecular complexity index is 595. The summed E-state index contributed by atoms with van der Waals surface area (Å²) in [5.74, 6) is 0.0413. The molecule has 0 saturated heterocycles. The van der Waals surface area contributed by atoms with Gasteiger partial charge in [-0.2, -0.15) is 0 Å². The molecule has 0 fully saturated rings. The lowest BCUT2D eigenvalue weighted by Gasteiger charge is -2.02. The molecule has 4 heteroatoms. The predicted molar refractivity (Wildman–Crippen MR) is 64.1 cm³/mol. The van der Waals surface area contributed by atoms with Crippen LogP contribution in [0.25, 0.3) is 11.8 Å². The average Bonchev–Trinajstić information content (AvgIpc) is 2.53. The molecule has 2 rings (SSSR count). The molecule has 16 heavy (non-hydrogen) atoms. The zero-order valence-corrected chi connectivity index (χ0v) is 9.49. The van der Waals surface area contributed by atoms with Gasteiger partial charge < -0.3 is 4.42 Å². The highest BCUT2D eigenvalue weighted by Crippen LogP contribution is 2.17. The number of nitrogens with zero attached hydrogens (tertiary/aromatic N) is 1. The van der Waals surface area contributed by atoms with E-state index in [4.69, 9.17) is 16.0 Å². The van der Waals surface area contributed by atoms with Crippen LogP contribution in [0.4, 0.5) is 0 Å². The zero-order chi connectivity index (χ0) is 11.7. The van der Waals surface area contributed by atoms with Gasteiger partial charge in [-0.1, -0.05) is 24.2 Å². The molecule has 1 heterocycles. The molecule has 0 radical (unpaired) electrons. The summed E-state index contributed by atoms with van der Waals surface area (Å²) >= 11 is 5.87. The van der Waals surface area contributed by atoms with Gasteiger partial charge in [0.05, 0.1) is 11.4 Å². The summed E-state index contributed by atoms with van der Waals surface area (Å²) in [7, 11) is 0. The second-order valence-electron chi connectivity index (χ2n) is 3.34. The first-order valence-electron chi connectivity index (χ1n) is 4.74. The van der Waals surface area contributed by atoms with E-state index in [0.29, 0.717) is 22.2 Å². The summed E-state index contributed by atoms with van der Waals surface area (Å²) in [6.07, 6.45) is 1.51. The molecular formula is C12H10ClNO2. The highest BCUT2D eigenvalue weighted by atomic mass is 35.5. The summed E-state index contributed by atoms with van der Waals surface area (Å²) in [5, 5.41) is 0.574. The van der Waals surface area contributed by atoms with Crippen LogP contribution in [0.2, 0.25) is 5.02 Å². The molecule has 3 nitrogen and oxygen atoms in total. The summed E-state index contributed by atoms with van der Waals surface area (Å²) in [4.78, 5) is 11.6. The van der Waals surface area contributed by atoms with Crippen LogP contribution in [0.3, 0.4) is 0 Å². The minimum Gasteiger partial charge on any atom is -0.408 e. The molecule has 1 aromatic carbocycles. The van der Waals surface area contributed by atoms with Crippen molar-refractivity contribution in [3.63, 3.8) is 0 Å². The third-order valence-electron chi connectivity index (χ3n) is 2.32. The number of benzene rings is 1. The van der Waals surface area contributed by atoms with E-state index in [1.165, 1.54) is 10.6 Å². The van der Waals surface area contributed by atoms with Gasteiger partial charge in [-0.15, -0.1) is 0 Å². The third-order valence-corrected chi connectivity index (χ3v) is 2.56. The van der Waals surface area contributed by atoms with Crippen LogP contribution in [-0.2, 0) is 0 Å². The van der Waals surface area contributed by atoms with E-state index in [2.05, 4.69) is 6.58 Å². The lowest BCUT2D eigenvalue weighted by molar-refractivity contribution is 0.496. The summed E-state index contributed by atoms with van der Waals surface area (Å²) in [6.45, 7) is 5.38. The molecule has 0 unspecified atom stereocenters. The molecule has 0 spiro atoms. The Morgan fingerprint density at radius 3 is 2.81 bits per heavy atom. The first-order valence-corrected chi connectivity index (χ1v) is 5.12. The quantitative estimate of drug-likeness (QED) is 0.802. The van der Waals surface area contributed by atoms with Crippen molar-refractivity contribution in [1.29, 1.82) is 0 Å². The summed E-state index contributed by atoms with van der Waals surface area (Å²) in [5.41, 5.74) is 1.40. The molecule has 0 bridgehead atoms. The standard InChI is InChI=1S/C12H10ClNO2/c1-3-11-8(2)14(12(15)16-11)10-6-4-5-9(13)7-10/h3-7H,1H2,2H3. The number of hydrogen-bond donors (Lipinski definition) is 0. The smallest absolute Gasteiger partial charge is 0.408 e. The highest BCUT2D eigenvalue weighted by molar-refractivity contribution is 6.30. The Morgan fingerprint density at radius 2 is 2.25 bits per heavy atom. The molecule has 0 aliphatic carbocycles. The van der Waals surface area contributed by atoms with Crippen LogP contribution >= 0.6 is 11.6 Å². The summed E-state index contributed by atoms with van der Waals surface area (Å²) in [6, 6.07) is 7.03. The maximum absolute atomic E-state index is 11.6. The van der Waals surface area contributed by atoms with E-state index >= 15 is 0 Å². The molecule has 0 aliphatic heterocycles. The van der Waals surface area contributed by atoms with Gasteiger partial charge in [-0.05, 0) is 31.2 Å². The van der Waals surface area contributed by atoms with Crippen LogP contribution in [0, 0.1) is 6.92 Å². The first-order chi connectivity index (χ1) is 7.63. The fourth-order valence-electron chi connectivity index (χ4n) is 1.56. The van der Waals surface area contributed by atoms with Crippen LogP contribution in [0.15, 0.2) is 40.1 Å². The van der Waals surface area contributed by atoms with Crippen LogP contribution < -0.4 is 5.76 Å². The minimum absolute atomic E-state index is 0.435. The van der Waals surface area contributed by atoms with Crippen LogP contribution in [0.5, 0.6) is 0 Å². The van der Waals surface area contributed by atoms with Crippen molar-refractivity contribution in [1.82, 2.24) is 4.57 Å². The minimum atomic E-state index is -0.435. The number of halogens is 1. The lowest BCUT2D eigenvalue weighted by Crippen LogP contribution is -2.13. The van der Waals surface area contributed by atoms with Gasteiger partial charge in [0, 0.05) is 5.02 Å². The van der Waals surface area contributed by atoms with Crippen molar-refractivity contribution in [2.24, 2.45) is 0 Å². The SMILES string of the molecule is C=Cc1oc(=O)n(-c2cccc(Cl)c2)c1C. The van der Waals surface area contributed by atoms with Crippen molar-refractivity contribution in [2.45, 2.75) is 6.92 Å². The van der Waals surface area contributed by atoms with Crippen LogP contribution in [-0.4, -0.2) is 4.57 Å². The van der Waals surface area contributed by atoms with Crippen molar-refractivity contribution in [3.8, 4) is 5.69 Å². The van der Waals surface area contributed by atoms with Gasteiger partial charge in [0.2, 0.25) is 0 Å². The number of rotatable bonds is 2. The Labute approximate surface area is 97.6 Å². The van der Waals surface area contributed by atoms with Gasteiger partial charge in [-0.3, -0.25) is 0 Å². The van der Waals surface area contributed by atoms with Gasteiger partial charge >= 0.3 is 5.76 Å². The van der Waals surface area contributed by atoms with E-state index in [0.717, 1.165) is 0 Å². The maximum atomic E-state index is 11.6. The van der Waals surface area contributed by atoms with Gasteiger partial charge in [0.1, 0.15) is 0 Å². The van der Waals surface area contributed by atoms with Crippen LogP contribution in [0.1, 0.15) is 11.5 Å². The molecule has 1 aromatic heterocycles. The lowest BCUT2D eigenvalue weighted by atomic mass is 10.3. The Hall–Kier alpha value is -1.74. The van der Waals surface area contributed by atoms with Crippen molar-refractivity contribution in [3.05, 3.63) is 57.9 Å². The maximum Gasteiger partial charge on any atom is 0.424 e. The Balaban J connectivity index is 2.69. The Kier molecular flexibility index (Phi) is 2.71. The number of oxazole rings is 1. The molecule has 0 amide bonds. The predicted octanol–water partition coefficient (Wildman–Crippen LogP) is 3.04. The van der Waals surface area contributed by atoms with E-state index in [1.807, 2.05) is 0 Å². The number of hydrogen-bond acceptors (Lipinski definition) is 2. The van der Waals surface area contributed by atoms with E-state index in [-0.39, 0.29) is 0 Å². The second-order valence-corrected chi connectivity index (χ2v) is 3.77. The largest absolute Gasteiger partial charge is 0.424 e. The molecule has 0 aliphatic rings. The molecule has 0 atom stereocenters. The fraction of sp³-hybridized carbons (Fsp3) is 0.0833. The topological polar surface area (TPSA) is 35.1 Å². The van der Waals surface area contributed by atoms with Gasteiger partial charge in [0.25, 0.3) is 0 Å². The molecule has 82 valence electrons. The Morgan fingerprint density at radius 1 is 1.50 bits per heavy atom. The molecular weight excluding hydrogens is 226 g/mol. The van der Waals surface area contributed by atoms with Crippen molar-refractivity contribution < 1.29 is 4.42 Å². The van der Waals surface area contributed by atoms with E-state index in [9.17, 15) is 4.79 Å². The van der Waals surface area contributed by atoms with Crippen molar-refractivity contribution >= 4 is 17.7 Å².